The van der Waals surface area contributed by atoms with Crippen molar-refractivity contribution in [2.75, 3.05) is 6.54 Å². The van der Waals surface area contributed by atoms with E-state index < -0.39 is 11.8 Å². The standard InChI is InChI=1S/C12H21N5O2/c1-2-3-4-5-6-7-8-14-11(13)17-12-15-9(18)10(19)16-12/h2-8H2,1H3,(H4,13,14,15,16,17,18,19). The molecule has 0 atom stereocenters. The summed E-state index contributed by atoms with van der Waals surface area (Å²) >= 11 is 0. The third-order valence-corrected chi connectivity index (χ3v) is 2.68. The summed E-state index contributed by atoms with van der Waals surface area (Å²) in [7, 11) is 0. The maximum Gasteiger partial charge on any atom is 0.316 e. The van der Waals surface area contributed by atoms with Crippen LogP contribution in [0.1, 0.15) is 45.4 Å². The molecule has 19 heavy (non-hydrogen) atoms. The topological polar surface area (TPSA) is 109 Å². The van der Waals surface area contributed by atoms with Crippen LogP contribution < -0.4 is 16.4 Å². The normalized spacial score (nSPS) is 15.4. The second-order valence-corrected chi connectivity index (χ2v) is 4.38. The van der Waals surface area contributed by atoms with E-state index in [1.807, 2.05) is 0 Å². The number of nitrogens with two attached hydrogens (primary N) is 1. The highest BCUT2D eigenvalue weighted by molar-refractivity contribution is 6.45. The van der Waals surface area contributed by atoms with Gasteiger partial charge >= 0.3 is 11.8 Å². The van der Waals surface area contributed by atoms with E-state index in [1.54, 1.807) is 0 Å². The van der Waals surface area contributed by atoms with Gasteiger partial charge < -0.3 is 5.73 Å². The van der Waals surface area contributed by atoms with Gasteiger partial charge in [-0.3, -0.25) is 25.2 Å². The highest BCUT2D eigenvalue weighted by Crippen LogP contribution is 2.04. The largest absolute Gasteiger partial charge is 0.368 e. The van der Waals surface area contributed by atoms with Crippen molar-refractivity contribution in [3.05, 3.63) is 0 Å². The molecule has 0 aliphatic carbocycles. The highest BCUT2D eigenvalue weighted by atomic mass is 16.2. The number of hydrogen-bond donors (Lipinski definition) is 3. The summed E-state index contributed by atoms with van der Waals surface area (Å²) in [6.45, 7) is 2.79. The Morgan fingerprint density at radius 2 is 1.63 bits per heavy atom. The average molecular weight is 267 g/mol. The van der Waals surface area contributed by atoms with Crippen LogP contribution in [0.25, 0.3) is 0 Å². The quantitative estimate of drug-likeness (QED) is 0.266. The minimum absolute atomic E-state index is 0.0409. The van der Waals surface area contributed by atoms with Crippen molar-refractivity contribution in [1.82, 2.24) is 10.6 Å². The summed E-state index contributed by atoms with van der Waals surface area (Å²) in [5.41, 5.74) is 5.57. The molecule has 1 aliphatic heterocycles. The van der Waals surface area contributed by atoms with Gasteiger partial charge in [-0.2, -0.15) is 4.99 Å². The van der Waals surface area contributed by atoms with Crippen LogP contribution in [0.4, 0.5) is 0 Å². The van der Waals surface area contributed by atoms with E-state index in [-0.39, 0.29) is 11.9 Å². The number of aliphatic imine (C=N–C) groups is 2. The van der Waals surface area contributed by atoms with Crippen molar-refractivity contribution in [3.8, 4) is 0 Å². The molecule has 0 unspecified atom stereocenters. The minimum atomic E-state index is -0.734. The molecule has 2 amide bonds. The molecule has 4 N–H and O–H groups in total. The lowest BCUT2D eigenvalue weighted by Gasteiger charge is -1.99. The second kappa shape index (κ2) is 8.23. The Morgan fingerprint density at radius 3 is 2.26 bits per heavy atom. The number of carbonyl (C=O) groups excluding carboxylic acids is 2. The fourth-order valence-electron chi connectivity index (χ4n) is 1.65. The second-order valence-electron chi connectivity index (χ2n) is 4.38. The molecule has 0 spiro atoms. The fourth-order valence-corrected chi connectivity index (χ4v) is 1.65. The van der Waals surface area contributed by atoms with Gasteiger partial charge in [0.1, 0.15) is 0 Å². The SMILES string of the molecule is CCCCCCCCN=C(N)N=C1NC(=O)C(=O)N1. The summed E-state index contributed by atoms with van der Waals surface area (Å²) in [5, 5.41) is 4.50. The molecule has 0 bridgehead atoms. The smallest absolute Gasteiger partial charge is 0.316 e. The molecule has 1 heterocycles. The Morgan fingerprint density at radius 1 is 1.05 bits per heavy atom. The van der Waals surface area contributed by atoms with Crippen LogP contribution >= 0.6 is 0 Å². The van der Waals surface area contributed by atoms with E-state index in [9.17, 15) is 9.59 Å². The zero-order valence-corrected chi connectivity index (χ0v) is 11.2. The Balaban J connectivity index is 2.20. The molecule has 0 aromatic carbocycles. The third-order valence-electron chi connectivity index (χ3n) is 2.68. The van der Waals surface area contributed by atoms with Crippen LogP contribution in [0, 0.1) is 0 Å². The fraction of sp³-hybridized carbons (Fsp3) is 0.667. The Bertz CT molecular complexity index is 372. The number of unbranched alkanes of at least 4 members (excludes halogenated alkanes) is 5. The lowest BCUT2D eigenvalue weighted by atomic mass is 10.1. The molecule has 0 radical (unpaired) electrons. The maximum absolute atomic E-state index is 10.9. The van der Waals surface area contributed by atoms with Gasteiger partial charge in [0, 0.05) is 6.54 Å². The molecule has 1 saturated heterocycles. The van der Waals surface area contributed by atoms with Crippen LogP contribution in [0.15, 0.2) is 9.98 Å². The summed E-state index contributed by atoms with van der Waals surface area (Å²) in [5.74, 6) is -1.37. The van der Waals surface area contributed by atoms with Crippen LogP contribution in [0.5, 0.6) is 0 Å². The van der Waals surface area contributed by atoms with Crippen molar-refractivity contribution in [2.24, 2.45) is 15.7 Å². The molecule has 0 aromatic rings. The first kappa shape index (κ1) is 15.1. The van der Waals surface area contributed by atoms with Gasteiger partial charge in [-0.05, 0) is 6.42 Å². The summed E-state index contributed by atoms with van der Waals surface area (Å²) in [4.78, 5) is 29.6. The van der Waals surface area contributed by atoms with E-state index in [0.29, 0.717) is 6.54 Å². The monoisotopic (exact) mass is 267 g/mol. The van der Waals surface area contributed by atoms with Crippen molar-refractivity contribution in [3.63, 3.8) is 0 Å². The maximum atomic E-state index is 10.9. The van der Waals surface area contributed by atoms with Gasteiger partial charge in [0.2, 0.25) is 11.9 Å². The Labute approximate surface area is 112 Å². The van der Waals surface area contributed by atoms with Crippen molar-refractivity contribution < 1.29 is 9.59 Å². The molecular formula is C12H21N5O2. The number of rotatable bonds is 7. The number of carbonyl (C=O) groups is 2. The average Bonchev–Trinajstić information content (AvgIpc) is 2.67. The van der Waals surface area contributed by atoms with Gasteiger partial charge in [0.25, 0.3) is 0 Å². The summed E-state index contributed by atoms with van der Waals surface area (Å²) in [6, 6.07) is 0. The molecule has 1 aliphatic rings. The van der Waals surface area contributed by atoms with E-state index in [0.717, 1.165) is 12.8 Å². The van der Waals surface area contributed by atoms with Gasteiger partial charge in [-0.25, -0.2) is 0 Å². The van der Waals surface area contributed by atoms with E-state index >= 15 is 0 Å². The van der Waals surface area contributed by atoms with Crippen LogP contribution in [0.2, 0.25) is 0 Å². The van der Waals surface area contributed by atoms with Gasteiger partial charge in [-0.1, -0.05) is 39.0 Å². The Hall–Kier alpha value is -1.92. The minimum Gasteiger partial charge on any atom is -0.368 e. The predicted molar refractivity (Wildman–Crippen MR) is 73.6 cm³/mol. The zero-order valence-electron chi connectivity index (χ0n) is 11.2. The van der Waals surface area contributed by atoms with E-state index in [4.69, 9.17) is 5.73 Å². The van der Waals surface area contributed by atoms with Crippen LogP contribution in [0.3, 0.4) is 0 Å². The number of guanidine groups is 2. The number of nitrogens with one attached hydrogen (secondary N) is 2. The Kier molecular flexibility index (Phi) is 6.56. The number of hydrogen-bond acceptors (Lipinski definition) is 3. The lowest BCUT2D eigenvalue weighted by Crippen LogP contribution is -2.28. The first-order valence-electron chi connectivity index (χ1n) is 6.64. The molecule has 1 fully saturated rings. The lowest BCUT2D eigenvalue weighted by molar-refractivity contribution is -0.135. The molecule has 0 aromatic heterocycles. The number of nitrogens with zero attached hydrogens (tertiary/aromatic N) is 2. The first-order chi connectivity index (χ1) is 9.13. The first-order valence-corrected chi connectivity index (χ1v) is 6.64. The third kappa shape index (κ3) is 5.98. The zero-order chi connectivity index (χ0) is 14.1. The summed E-state index contributed by atoms with van der Waals surface area (Å²) in [6.07, 6.45) is 7.08. The van der Waals surface area contributed by atoms with E-state index in [2.05, 4.69) is 27.5 Å². The van der Waals surface area contributed by atoms with Crippen molar-refractivity contribution >= 4 is 23.7 Å². The van der Waals surface area contributed by atoms with Gasteiger partial charge in [0.15, 0.2) is 0 Å². The van der Waals surface area contributed by atoms with Crippen LogP contribution in [-0.4, -0.2) is 30.3 Å². The molecular weight excluding hydrogens is 246 g/mol. The van der Waals surface area contributed by atoms with E-state index in [1.165, 1.54) is 25.7 Å². The van der Waals surface area contributed by atoms with Gasteiger partial charge in [0.05, 0.1) is 0 Å². The van der Waals surface area contributed by atoms with Gasteiger partial charge in [-0.15, -0.1) is 0 Å². The number of amides is 2. The van der Waals surface area contributed by atoms with Crippen molar-refractivity contribution in [2.45, 2.75) is 45.4 Å². The molecule has 1 rings (SSSR count). The highest BCUT2D eigenvalue weighted by Gasteiger charge is 2.25. The van der Waals surface area contributed by atoms with Crippen molar-refractivity contribution in [1.29, 1.82) is 0 Å². The molecule has 0 saturated carbocycles. The molecule has 7 heteroatoms. The predicted octanol–water partition coefficient (Wildman–Crippen LogP) is 0.264. The molecule has 106 valence electrons. The summed E-state index contributed by atoms with van der Waals surface area (Å²) < 4.78 is 0. The molecule has 7 nitrogen and oxygen atoms in total. The van der Waals surface area contributed by atoms with Crippen LogP contribution in [-0.2, 0) is 9.59 Å².